The standard InChI is InChI=1S/4C4F9O.4C2H3N.Ag.Al/c4*5-2(6,7)1(14,3(8,9)10)4(11,12)13;4*1-2-3;;/h;;;;4*1H3;;/q4*-1;;;;;+1;+3. The Balaban J connectivity index is -0.0000000786. The van der Waals surface area contributed by atoms with E-state index < -0.39 is 96.5 Å². The van der Waals surface area contributed by atoms with Crippen molar-refractivity contribution < 1.29 is 201 Å². The first kappa shape index (κ1) is 89.4. The van der Waals surface area contributed by atoms with E-state index in [1.807, 2.05) is 0 Å². The molecule has 0 amide bonds. The van der Waals surface area contributed by atoms with E-state index in [2.05, 4.69) is 0 Å². The Morgan fingerprint density at radius 1 is 0.214 bits per heavy atom. The van der Waals surface area contributed by atoms with Gasteiger partial charge in [-0.3, -0.25) is 0 Å². The average molecular weight is 1240 g/mol. The van der Waals surface area contributed by atoms with Crippen LogP contribution in [-0.2, 0) is 22.4 Å². The molecule has 0 saturated heterocycles. The summed E-state index contributed by atoms with van der Waals surface area (Å²) in [6, 6.07) is 7.00. The van der Waals surface area contributed by atoms with Gasteiger partial charge in [0.25, 0.3) is 0 Å². The second kappa shape index (κ2) is 29.3. The number of rotatable bonds is 0. The van der Waals surface area contributed by atoms with Crippen LogP contribution >= 0.6 is 0 Å². The zero-order valence-electron chi connectivity index (χ0n) is 31.9. The molecule has 8 nitrogen and oxygen atoms in total. The molecule has 0 radical (unpaired) electrons. The van der Waals surface area contributed by atoms with Crippen LogP contribution in [0.3, 0.4) is 0 Å². The molecular weight excluding hydrogens is 1230 g/mol. The molecule has 0 spiro atoms. The van der Waals surface area contributed by atoms with E-state index in [0.717, 1.165) is 0 Å². The van der Waals surface area contributed by atoms with Gasteiger partial charge in [0, 0.05) is 27.7 Å². The van der Waals surface area contributed by atoms with Crippen LogP contribution < -0.4 is 20.4 Å². The van der Waals surface area contributed by atoms with Gasteiger partial charge < -0.3 is 20.4 Å². The van der Waals surface area contributed by atoms with Gasteiger partial charge in [-0.15, -0.1) is 0 Å². The summed E-state index contributed by atoms with van der Waals surface area (Å²) in [6.45, 7) is 5.72. The maximum absolute atomic E-state index is 11.3. The molecule has 0 aliphatic carbocycles. The number of alkyl halides is 36. The quantitative estimate of drug-likeness (QED) is 0.170. The zero-order chi connectivity index (χ0) is 58.8. The van der Waals surface area contributed by atoms with Gasteiger partial charge in [-0.05, 0) is 0 Å². The summed E-state index contributed by atoms with van der Waals surface area (Å²) >= 11 is 0. The Morgan fingerprint density at radius 3 is 0.243 bits per heavy atom. The third-order valence-electron chi connectivity index (χ3n) is 4.79. The largest absolute Gasteiger partial charge is 3.00 e. The minimum atomic E-state index is -6.98. The summed E-state index contributed by atoms with van der Waals surface area (Å²) in [6.07, 6.45) is -83.8. The topological polar surface area (TPSA) is 187 Å². The van der Waals surface area contributed by atoms with Crippen molar-refractivity contribution in [2.45, 2.75) is 124 Å². The fourth-order valence-corrected chi connectivity index (χ4v) is 1.93. The molecule has 0 heterocycles. The Hall–Kier alpha value is -3.45. The van der Waals surface area contributed by atoms with E-state index in [0.29, 0.717) is 0 Å². The molecule has 0 unspecified atom stereocenters. The van der Waals surface area contributed by atoms with Gasteiger partial charge in [0.15, 0.2) is 22.4 Å². The van der Waals surface area contributed by atoms with Crippen molar-refractivity contribution in [2.75, 3.05) is 0 Å². The van der Waals surface area contributed by atoms with E-state index >= 15 is 0 Å². The van der Waals surface area contributed by atoms with Crippen LogP contribution in [0.15, 0.2) is 0 Å². The fourth-order valence-electron chi connectivity index (χ4n) is 1.93. The second-order valence-electron chi connectivity index (χ2n) is 9.59. The van der Waals surface area contributed by atoms with E-state index in [9.17, 15) is 178 Å². The SMILES string of the molecule is CC#N.CC#N.CC#N.CC#N.[Ag+].[Al+3].[O-]C(C(F)(F)F)(C(F)(F)F)C(F)(F)F.[O-]C(C(F)(F)F)(C(F)(F)F)C(F)(F)F.[O-]C(C(F)(F)F)(C(F)(F)F)C(F)(F)F.[O-]C(C(F)(F)F)(C(F)(F)F)C(F)(F)F. The molecule has 0 fully saturated rings. The summed E-state index contributed by atoms with van der Waals surface area (Å²) in [5.74, 6) is 0. The predicted octanol–water partition coefficient (Wildman–Crippen LogP) is 8.83. The second-order valence-corrected chi connectivity index (χ2v) is 9.59. The maximum Gasteiger partial charge on any atom is 3.00 e. The normalized spacial score (nSPS) is 13.1. The van der Waals surface area contributed by atoms with Gasteiger partial charge in [0.2, 0.25) is 0 Å². The minimum absolute atomic E-state index is 0. The molecule has 0 aliphatic heterocycles. The first-order valence-corrected chi connectivity index (χ1v) is 13.5. The van der Waals surface area contributed by atoms with Gasteiger partial charge in [-0.2, -0.15) is 179 Å². The first-order chi connectivity index (χ1) is 28.7. The van der Waals surface area contributed by atoms with E-state index in [1.165, 1.54) is 27.7 Å². The summed E-state index contributed by atoms with van der Waals surface area (Å²) < 4.78 is 408. The van der Waals surface area contributed by atoms with Gasteiger partial charge in [0.1, 0.15) is 0 Å². The number of nitrogens with zero attached hydrogens (tertiary/aromatic N) is 4. The minimum Gasteiger partial charge on any atom is -0.830 e. The summed E-state index contributed by atoms with van der Waals surface area (Å²) in [7, 11) is 0. The number of hydrogen-bond acceptors (Lipinski definition) is 8. The van der Waals surface area contributed by atoms with Crippen molar-refractivity contribution in [1.82, 2.24) is 0 Å². The Bertz CT molecular complexity index is 1230. The van der Waals surface area contributed by atoms with Crippen LogP contribution in [0, 0.1) is 45.3 Å². The fraction of sp³-hybridized carbons (Fsp3) is 0.833. The van der Waals surface area contributed by atoms with E-state index in [-0.39, 0.29) is 39.7 Å². The molecule has 0 aromatic carbocycles. The smallest absolute Gasteiger partial charge is 0.830 e. The molecule has 0 aromatic heterocycles. The van der Waals surface area contributed by atoms with Gasteiger partial charge in [-0.1, -0.05) is 0 Å². The predicted molar refractivity (Wildman–Crippen MR) is 134 cm³/mol. The summed E-state index contributed by atoms with van der Waals surface area (Å²) in [4.78, 5) is 0. The van der Waals surface area contributed by atoms with Crippen LogP contribution in [0.1, 0.15) is 27.7 Å². The molecular formula is C24H12AgAlF36N4O4. The molecule has 0 aromatic rings. The van der Waals surface area contributed by atoms with E-state index in [4.69, 9.17) is 21.0 Å². The summed E-state index contributed by atoms with van der Waals surface area (Å²) in [5.41, 5.74) is -27.8. The third-order valence-corrected chi connectivity index (χ3v) is 4.79. The van der Waals surface area contributed by atoms with Crippen molar-refractivity contribution >= 4 is 17.4 Å². The summed E-state index contributed by atoms with van der Waals surface area (Å²) in [5, 5.41) is 68.4. The number of nitriles is 4. The van der Waals surface area contributed by atoms with Crippen LogP contribution in [0.2, 0.25) is 0 Å². The van der Waals surface area contributed by atoms with Crippen LogP contribution in [0.25, 0.3) is 0 Å². The molecule has 0 N–H and O–H groups in total. The molecule has 70 heavy (non-hydrogen) atoms. The van der Waals surface area contributed by atoms with Gasteiger partial charge >= 0.3 is 114 Å². The van der Waals surface area contributed by atoms with Crippen LogP contribution in [0.4, 0.5) is 158 Å². The van der Waals surface area contributed by atoms with Gasteiger partial charge in [-0.25, -0.2) is 0 Å². The Morgan fingerprint density at radius 2 is 0.243 bits per heavy atom. The molecule has 0 rings (SSSR count). The number of halogens is 36. The zero-order valence-corrected chi connectivity index (χ0v) is 34.5. The maximum atomic E-state index is 11.3. The van der Waals surface area contributed by atoms with Crippen molar-refractivity contribution in [2.24, 2.45) is 0 Å². The van der Waals surface area contributed by atoms with Gasteiger partial charge in [0.05, 0.1) is 24.3 Å². The van der Waals surface area contributed by atoms with E-state index in [1.54, 1.807) is 24.3 Å². The first-order valence-electron chi connectivity index (χ1n) is 13.5. The van der Waals surface area contributed by atoms with Crippen LogP contribution in [-0.4, -0.2) is 114 Å². The third kappa shape index (κ3) is 23.9. The molecule has 46 heteroatoms. The van der Waals surface area contributed by atoms with Crippen molar-refractivity contribution in [3.63, 3.8) is 0 Å². The van der Waals surface area contributed by atoms with Crippen molar-refractivity contribution in [3.05, 3.63) is 0 Å². The monoisotopic (exact) mass is 1240 g/mol. The van der Waals surface area contributed by atoms with Crippen LogP contribution in [0.5, 0.6) is 0 Å². The van der Waals surface area contributed by atoms with Crippen molar-refractivity contribution in [1.29, 1.82) is 21.0 Å². The van der Waals surface area contributed by atoms with Crippen molar-refractivity contribution in [3.8, 4) is 24.3 Å². The molecule has 0 saturated carbocycles. The molecule has 0 aliphatic rings. The molecule has 0 bridgehead atoms. The Labute approximate surface area is 387 Å². The molecule has 0 atom stereocenters. The Kier molecular flexibility index (Phi) is 37.4. The molecule has 418 valence electrons. The average Bonchev–Trinajstić information content (AvgIpc) is 2.99. The number of hydrogen-bond donors (Lipinski definition) is 0.